The molecule has 1 heterocycles. The molecule has 0 spiro atoms. The first-order valence-corrected chi connectivity index (χ1v) is 8.34. The van der Waals surface area contributed by atoms with E-state index < -0.39 is 0 Å². The predicted octanol–water partition coefficient (Wildman–Crippen LogP) is 3.67. The maximum Gasteiger partial charge on any atom is 0.222 e. The molecule has 0 radical (unpaired) electrons. The minimum atomic E-state index is 0.162. The smallest absolute Gasteiger partial charge is 0.222 e. The summed E-state index contributed by atoms with van der Waals surface area (Å²) in [5.74, 6) is 1.37. The molecule has 0 aliphatic carbocycles. The zero-order chi connectivity index (χ0) is 15.1. The number of carbonyl (C=O) groups is 1. The fourth-order valence-electron chi connectivity index (χ4n) is 2.45. The Morgan fingerprint density at radius 1 is 1.35 bits per heavy atom. The van der Waals surface area contributed by atoms with E-state index in [-0.39, 0.29) is 11.9 Å². The number of hydrogen-bond donors (Lipinski definition) is 1. The zero-order valence-corrected chi connectivity index (χ0v) is 14.0. The third-order valence-electron chi connectivity index (χ3n) is 4.14. The van der Waals surface area contributed by atoms with Crippen LogP contribution in [0, 0.1) is 11.8 Å². The second-order valence-electron chi connectivity index (χ2n) is 5.82. The lowest BCUT2D eigenvalue weighted by atomic mass is 9.88. The predicted molar refractivity (Wildman–Crippen MR) is 86.7 cm³/mol. The maximum absolute atomic E-state index is 12.3. The molecular weight excluding hydrogens is 268 g/mol. The largest absolute Gasteiger partial charge is 0.338 e. The Hall–Kier alpha value is -0.870. The molecule has 0 aliphatic heterocycles. The number of rotatable bonds is 8. The van der Waals surface area contributed by atoms with Crippen LogP contribution in [0.25, 0.3) is 0 Å². The van der Waals surface area contributed by atoms with Crippen LogP contribution in [0.2, 0.25) is 0 Å². The SMILES string of the molecule is CC(C)C(CCN)CCC(=O)N(C)C(C)c1cccs1. The average molecular weight is 296 g/mol. The molecule has 20 heavy (non-hydrogen) atoms. The maximum atomic E-state index is 12.3. The van der Waals surface area contributed by atoms with Crippen LogP contribution in [-0.2, 0) is 4.79 Å². The van der Waals surface area contributed by atoms with Crippen LogP contribution in [0.4, 0.5) is 0 Å². The molecule has 2 atom stereocenters. The van der Waals surface area contributed by atoms with Gasteiger partial charge in [-0.15, -0.1) is 11.3 Å². The van der Waals surface area contributed by atoms with E-state index in [9.17, 15) is 4.79 Å². The third-order valence-corrected chi connectivity index (χ3v) is 5.18. The molecule has 2 N–H and O–H groups in total. The zero-order valence-electron chi connectivity index (χ0n) is 13.1. The summed E-state index contributed by atoms with van der Waals surface area (Å²) in [7, 11) is 1.90. The summed E-state index contributed by atoms with van der Waals surface area (Å²) in [6, 6.07) is 4.28. The van der Waals surface area contributed by atoms with Gasteiger partial charge in [0.1, 0.15) is 0 Å². The highest BCUT2D eigenvalue weighted by Gasteiger charge is 2.20. The summed E-state index contributed by atoms with van der Waals surface area (Å²) in [6.45, 7) is 7.22. The molecule has 1 aromatic heterocycles. The second-order valence-corrected chi connectivity index (χ2v) is 6.80. The number of carbonyl (C=O) groups excluding carboxylic acids is 1. The van der Waals surface area contributed by atoms with Crippen molar-refractivity contribution >= 4 is 17.2 Å². The van der Waals surface area contributed by atoms with Crippen LogP contribution in [0.1, 0.15) is 51.0 Å². The monoisotopic (exact) mass is 296 g/mol. The molecule has 114 valence electrons. The Morgan fingerprint density at radius 3 is 2.55 bits per heavy atom. The molecule has 1 amide bonds. The van der Waals surface area contributed by atoms with Crippen molar-refractivity contribution in [3.8, 4) is 0 Å². The number of nitrogens with zero attached hydrogens (tertiary/aromatic N) is 1. The molecular formula is C16H28N2OS. The van der Waals surface area contributed by atoms with Crippen molar-refractivity contribution in [1.82, 2.24) is 4.90 Å². The van der Waals surface area contributed by atoms with Crippen LogP contribution < -0.4 is 5.73 Å². The Bertz CT molecular complexity index is 389. The normalized spacial score (nSPS) is 14.3. The molecule has 0 saturated carbocycles. The van der Waals surface area contributed by atoms with Gasteiger partial charge in [-0.25, -0.2) is 0 Å². The van der Waals surface area contributed by atoms with Gasteiger partial charge in [0.15, 0.2) is 0 Å². The molecule has 0 bridgehead atoms. The Balaban J connectivity index is 2.49. The molecule has 1 rings (SSSR count). The first kappa shape index (κ1) is 17.2. The minimum absolute atomic E-state index is 0.162. The molecule has 2 unspecified atom stereocenters. The number of amides is 1. The van der Waals surface area contributed by atoms with Gasteiger partial charge in [0, 0.05) is 18.3 Å². The topological polar surface area (TPSA) is 46.3 Å². The molecule has 3 nitrogen and oxygen atoms in total. The van der Waals surface area contributed by atoms with Gasteiger partial charge in [-0.2, -0.15) is 0 Å². The highest BCUT2D eigenvalue weighted by molar-refractivity contribution is 7.10. The van der Waals surface area contributed by atoms with E-state index in [1.165, 1.54) is 4.88 Å². The standard InChI is InChI=1S/C16H28N2OS/c1-12(2)14(9-10-17)7-8-16(19)18(4)13(3)15-6-5-11-20-15/h5-6,11-14H,7-10,17H2,1-4H3. The van der Waals surface area contributed by atoms with E-state index >= 15 is 0 Å². The van der Waals surface area contributed by atoms with E-state index in [0.717, 1.165) is 12.8 Å². The summed E-state index contributed by atoms with van der Waals surface area (Å²) in [4.78, 5) is 15.4. The van der Waals surface area contributed by atoms with E-state index in [1.807, 2.05) is 18.0 Å². The number of thiophene rings is 1. The van der Waals surface area contributed by atoms with Gasteiger partial charge >= 0.3 is 0 Å². The Morgan fingerprint density at radius 2 is 2.05 bits per heavy atom. The van der Waals surface area contributed by atoms with Crippen molar-refractivity contribution in [3.05, 3.63) is 22.4 Å². The lowest BCUT2D eigenvalue weighted by molar-refractivity contribution is -0.132. The van der Waals surface area contributed by atoms with Crippen LogP contribution >= 0.6 is 11.3 Å². The summed E-state index contributed by atoms with van der Waals surface area (Å²) in [5.41, 5.74) is 5.65. The fourth-order valence-corrected chi connectivity index (χ4v) is 3.27. The van der Waals surface area contributed by atoms with Crippen molar-refractivity contribution in [2.45, 2.75) is 46.1 Å². The first-order chi connectivity index (χ1) is 9.47. The highest BCUT2D eigenvalue weighted by atomic mass is 32.1. The summed E-state index contributed by atoms with van der Waals surface area (Å²) >= 11 is 1.70. The van der Waals surface area contributed by atoms with Gasteiger partial charge in [0.25, 0.3) is 0 Å². The average Bonchev–Trinajstić information content (AvgIpc) is 2.95. The Kier molecular flexibility index (Phi) is 7.24. The van der Waals surface area contributed by atoms with E-state index in [0.29, 0.717) is 24.8 Å². The van der Waals surface area contributed by atoms with Gasteiger partial charge in [-0.05, 0) is 49.6 Å². The fraction of sp³-hybridized carbons (Fsp3) is 0.688. The quantitative estimate of drug-likeness (QED) is 0.795. The van der Waals surface area contributed by atoms with Gasteiger partial charge < -0.3 is 10.6 Å². The number of hydrogen-bond acceptors (Lipinski definition) is 3. The van der Waals surface area contributed by atoms with Crippen LogP contribution in [-0.4, -0.2) is 24.4 Å². The molecule has 0 saturated heterocycles. The molecule has 4 heteroatoms. The lowest BCUT2D eigenvalue weighted by Gasteiger charge is -2.26. The van der Waals surface area contributed by atoms with Crippen molar-refractivity contribution in [2.75, 3.05) is 13.6 Å². The highest BCUT2D eigenvalue weighted by Crippen LogP contribution is 2.25. The molecule has 0 aromatic carbocycles. The lowest BCUT2D eigenvalue weighted by Crippen LogP contribution is -2.30. The van der Waals surface area contributed by atoms with Crippen molar-refractivity contribution < 1.29 is 4.79 Å². The van der Waals surface area contributed by atoms with Crippen LogP contribution in [0.15, 0.2) is 17.5 Å². The minimum Gasteiger partial charge on any atom is -0.338 e. The van der Waals surface area contributed by atoms with Crippen LogP contribution in [0.5, 0.6) is 0 Å². The van der Waals surface area contributed by atoms with Gasteiger partial charge in [0.2, 0.25) is 5.91 Å². The summed E-state index contributed by atoms with van der Waals surface area (Å²) < 4.78 is 0. The third kappa shape index (κ3) is 4.91. The van der Waals surface area contributed by atoms with Gasteiger partial charge in [-0.3, -0.25) is 4.79 Å². The molecule has 1 aromatic rings. The van der Waals surface area contributed by atoms with E-state index in [2.05, 4.69) is 32.2 Å². The Labute approximate surface area is 127 Å². The number of nitrogens with two attached hydrogens (primary N) is 1. The summed E-state index contributed by atoms with van der Waals surface area (Å²) in [5, 5.41) is 2.06. The van der Waals surface area contributed by atoms with Crippen molar-refractivity contribution in [1.29, 1.82) is 0 Å². The second kappa shape index (κ2) is 8.42. The first-order valence-electron chi connectivity index (χ1n) is 7.46. The molecule has 0 aliphatic rings. The van der Waals surface area contributed by atoms with Crippen molar-refractivity contribution in [2.24, 2.45) is 17.6 Å². The van der Waals surface area contributed by atoms with Gasteiger partial charge in [0.05, 0.1) is 6.04 Å². The van der Waals surface area contributed by atoms with Crippen molar-refractivity contribution in [3.63, 3.8) is 0 Å². The van der Waals surface area contributed by atoms with E-state index in [1.54, 1.807) is 11.3 Å². The molecule has 0 fully saturated rings. The van der Waals surface area contributed by atoms with E-state index in [4.69, 9.17) is 5.73 Å². The summed E-state index contributed by atoms with van der Waals surface area (Å²) in [6.07, 6.45) is 2.57. The van der Waals surface area contributed by atoms with Gasteiger partial charge in [-0.1, -0.05) is 19.9 Å². The van der Waals surface area contributed by atoms with Crippen LogP contribution in [0.3, 0.4) is 0 Å².